The van der Waals surface area contributed by atoms with Crippen LogP contribution >= 0.6 is 11.3 Å². The zero-order valence-corrected chi connectivity index (χ0v) is 22.3. The van der Waals surface area contributed by atoms with Crippen LogP contribution in [0.3, 0.4) is 0 Å². The second kappa shape index (κ2) is 10.6. The summed E-state index contributed by atoms with van der Waals surface area (Å²) < 4.78 is 5.95. The predicted molar refractivity (Wildman–Crippen MR) is 144 cm³/mol. The number of aliphatic imine (C=N–C) groups is 1. The smallest absolute Gasteiger partial charge is 0.316 e. The van der Waals surface area contributed by atoms with Crippen molar-refractivity contribution in [2.75, 3.05) is 34.3 Å². The van der Waals surface area contributed by atoms with Gasteiger partial charge < -0.3 is 19.9 Å². The Bertz CT molecular complexity index is 1200. The van der Waals surface area contributed by atoms with Crippen LogP contribution in [0.15, 0.2) is 23.0 Å². The summed E-state index contributed by atoms with van der Waals surface area (Å²) in [5.74, 6) is 0. The van der Waals surface area contributed by atoms with Gasteiger partial charge >= 0.3 is 6.01 Å². The number of allylic oxidation sites excluding steroid dienone is 1. The van der Waals surface area contributed by atoms with E-state index in [1.54, 1.807) is 23.9 Å². The fourth-order valence-corrected chi connectivity index (χ4v) is 6.95. The molecule has 36 heavy (non-hydrogen) atoms. The van der Waals surface area contributed by atoms with Gasteiger partial charge in [-0.25, -0.2) is 9.98 Å². The van der Waals surface area contributed by atoms with E-state index < -0.39 is 0 Å². The summed E-state index contributed by atoms with van der Waals surface area (Å²) in [5.41, 5.74) is 3.69. The van der Waals surface area contributed by atoms with Crippen molar-refractivity contribution in [1.29, 1.82) is 5.26 Å². The highest BCUT2D eigenvalue weighted by Crippen LogP contribution is 2.50. The molecule has 8 nitrogen and oxygen atoms in total. The number of nitrogens with zero attached hydrogens (tertiary/aromatic N) is 6. The van der Waals surface area contributed by atoms with Crippen LogP contribution < -0.4 is 10.1 Å². The number of fused-ring (bicyclic) bond motifs is 2. The fourth-order valence-electron chi connectivity index (χ4n) is 5.72. The van der Waals surface area contributed by atoms with E-state index in [-0.39, 0.29) is 5.54 Å². The van der Waals surface area contributed by atoms with E-state index in [9.17, 15) is 5.26 Å². The van der Waals surface area contributed by atoms with Crippen LogP contribution in [-0.2, 0) is 12.0 Å². The molecule has 190 valence electrons. The molecule has 1 unspecified atom stereocenters. The lowest BCUT2D eigenvalue weighted by atomic mass is 9.73. The Labute approximate surface area is 217 Å². The number of nitriles is 1. The number of likely N-dealkylation sites (tertiary alicyclic amines) is 1. The number of ether oxygens (including phenoxy) is 1. The molecule has 4 heterocycles. The van der Waals surface area contributed by atoms with Crippen LogP contribution in [0, 0.1) is 11.3 Å². The van der Waals surface area contributed by atoms with Crippen LogP contribution in [0.2, 0.25) is 0 Å². The molecule has 0 amide bonds. The predicted octanol–water partition coefficient (Wildman–Crippen LogP) is 4.45. The van der Waals surface area contributed by atoms with Gasteiger partial charge in [0.25, 0.3) is 0 Å². The SMILES string of the molecule is CN(C)/C=N/c1sc2c(c1C#N)C1(CCC/C(=C\c3ccnc(OC[C@@H]4CCCN4C)n3)N1)CCC2. The van der Waals surface area contributed by atoms with E-state index in [1.165, 1.54) is 16.9 Å². The first-order chi connectivity index (χ1) is 17.5. The average molecular weight is 506 g/mol. The standard InChI is InChI=1S/C27H35N7OS/c1-33(2)18-30-25-22(16-28)24-23(36-25)9-5-12-27(24)11-4-7-20(32-27)15-19-10-13-29-26(31-19)35-17-21-8-6-14-34(21)3/h10,13,15,18,21,32H,4-9,11-12,14,17H2,1-3H3/b20-15+,30-18+/t21-,27?/m0/s1. The summed E-state index contributed by atoms with van der Waals surface area (Å²) in [4.78, 5) is 19.2. The van der Waals surface area contributed by atoms with E-state index in [4.69, 9.17) is 4.74 Å². The van der Waals surface area contributed by atoms with Gasteiger partial charge in [-0.15, -0.1) is 11.3 Å². The molecule has 2 aromatic rings. The summed E-state index contributed by atoms with van der Waals surface area (Å²) in [5, 5.41) is 14.8. The molecule has 5 rings (SSSR count). The summed E-state index contributed by atoms with van der Waals surface area (Å²) in [6.45, 7) is 1.74. The Morgan fingerprint density at radius 3 is 2.92 bits per heavy atom. The van der Waals surface area contributed by atoms with Gasteiger partial charge in [0, 0.05) is 42.5 Å². The second-order valence-corrected chi connectivity index (χ2v) is 11.4. The molecule has 0 radical (unpaired) electrons. The van der Waals surface area contributed by atoms with Crippen molar-refractivity contribution in [2.45, 2.75) is 62.9 Å². The summed E-state index contributed by atoms with van der Waals surface area (Å²) in [7, 11) is 6.04. The van der Waals surface area contributed by atoms with Crippen LogP contribution in [0.4, 0.5) is 5.00 Å². The molecule has 2 aromatic heterocycles. The van der Waals surface area contributed by atoms with Gasteiger partial charge in [-0.2, -0.15) is 10.2 Å². The third-order valence-corrected chi connectivity index (χ3v) is 8.63. The third-order valence-electron chi connectivity index (χ3n) is 7.47. The Morgan fingerprint density at radius 2 is 2.17 bits per heavy atom. The lowest BCUT2D eigenvalue weighted by Crippen LogP contribution is -2.46. The second-order valence-electron chi connectivity index (χ2n) is 10.3. The number of thiophene rings is 1. The molecular weight excluding hydrogens is 470 g/mol. The van der Waals surface area contributed by atoms with Crippen molar-refractivity contribution in [3.05, 3.63) is 39.7 Å². The minimum atomic E-state index is -0.218. The van der Waals surface area contributed by atoms with Crippen molar-refractivity contribution >= 4 is 28.8 Å². The maximum absolute atomic E-state index is 10.1. The summed E-state index contributed by atoms with van der Waals surface area (Å²) in [6.07, 6.45) is 14.2. The quantitative estimate of drug-likeness (QED) is 0.458. The largest absolute Gasteiger partial charge is 0.462 e. The number of likely N-dealkylation sites (N-methyl/N-ethyl adjacent to an activating group) is 1. The Kier molecular flexibility index (Phi) is 7.26. The Morgan fingerprint density at radius 1 is 1.33 bits per heavy atom. The van der Waals surface area contributed by atoms with Gasteiger partial charge in [-0.1, -0.05) is 0 Å². The van der Waals surface area contributed by atoms with Crippen molar-refractivity contribution < 1.29 is 4.74 Å². The van der Waals surface area contributed by atoms with Crippen LogP contribution in [0.5, 0.6) is 6.01 Å². The highest BCUT2D eigenvalue weighted by atomic mass is 32.1. The maximum atomic E-state index is 10.1. The molecule has 1 spiro atoms. The van der Waals surface area contributed by atoms with Gasteiger partial charge in [0.2, 0.25) is 0 Å². The number of aryl methyl sites for hydroxylation is 1. The third kappa shape index (κ3) is 5.11. The fraction of sp³-hybridized carbons (Fsp3) is 0.556. The lowest BCUT2D eigenvalue weighted by molar-refractivity contribution is 0.187. The summed E-state index contributed by atoms with van der Waals surface area (Å²) >= 11 is 1.67. The van der Waals surface area contributed by atoms with E-state index >= 15 is 0 Å². The zero-order chi connectivity index (χ0) is 25.1. The Balaban J connectivity index is 1.38. The first-order valence-corrected chi connectivity index (χ1v) is 13.7. The van der Waals surface area contributed by atoms with Crippen molar-refractivity contribution in [1.82, 2.24) is 25.1 Å². The number of aromatic nitrogens is 2. The molecule has 3 aliphatic rings. The molecule has 0 saturated carbocycles. The van der Waals surface area contributed by atoms with Gasteiger partial charge in [-0.05, 0) is 77.1 Å². The number of nitrogens with one attached hydrogen (secondary N) is 1. The van der Waals surface area contributed by atoms with Crippen LogP contribution in [0.25, 0.3) is 6.08 Å². The summed E-state index contributed by atoms with van der Waals surface area (Å²) in [6, 6.07) is 5.28. The molecule has 2 saturated heterocycles. The topological polar surface area (TPSA) is 89.7 Å². The molecular formula is C27H35N7OS. The lowest BCUT2D eigenvalue weighted by Gasteiger charge is -2.43. The monoisotopic (exact) mass is 505 g/mol. The average Bonchev–Trinajstić information content (AvgIpc) is 3.45. The number of hydrogen-bond donors (Lipinski definition) is 1. The molecule has 1 N–H and O–H groups in total. The molecule has 2 atom stereocenters. The minimum Gasteiger partial charge on any atom is -0.462 e. The van der Waals surface area contributed by atoms with Gasteiger partial charge in [0.05, 0.1) is 23.1 Å². The van der Waals surface area contributed by atoms with Crippen molar-refractivity contribution in [2.24, 2.45) is 4.99 Å². The first-order valence-electron chi connectivity index (χ1n) is 12.9. The molecule has 0 bridgehead atoms. The number of hydrogen-bond acceptors (Lipinski definition) is 8. The van der Waals surface area contributed by atoms with Gasteiger partial charge in [0.1, 0.15) is 17.7 Å². The van der Waals surface area contributed by atoms with E-state index in [2.05, 4.69) is 44.4 Å². The highest BCUT2D eigenvalue weighted by molar-refractivity contribution is 7.16. The molecule has 0 aromatic carbocycles. The first kappa shape index (κ1) is 24.7. The molecule has 9 heteroatoms. The van der Waals surface area contributed by atoms with Crippen molar-refractivity contribution in [3.8, 4) is 12.1 Å². The van der Waals surface area contributed by atoms with Crippen LogP contribution in [0.1, 0.15) is 66.6 Å². The van der Waals surface area contributed by atoms with E-state index in [0.29, 0.717) is 18.7 Å². The van der Waals surface area contributed by atoms with E-state index in [0.717, 1.165) is 73.4 Å². The van der Waals surface area contributed by atoms with Crippen molar-refractivity contribution in [3.63, 3.8) is 0 Å². The Hall–Kier alpha value is -2.96. The normalized spacial score (nSPS) is 25.2. The molecule has 1 aliphatic carbocycles. The number of piperidine rings is 1. The minimum absolute atomic E-state index is 0.218. The maximum Gasteiger partial charge on any atom is 0.316 e. The molecule has 2 aliphatic heterocycles. The zero-order valence-electron chi connectivity index (χ0n) is 21.5. The van der Waals surface area contributed by atoms with Gasteiger partial charge in [0.15, 0.2) is 0 Å². The molecule has 2 fully saturated rings. The van der Waals surface area contributed by atoms with E-state index in [1.807, 2.05) is 25.1 Å². The van der Waals surface area contributed by atoms with Crippen LogP contribution in [-0.4, -0.2) is 66.4 Å². The highest BCUT2D eigenvalue weighted by Gasteiger charge is 2.42. The van der Waals surface area contributed by atoms with Gasteiger partial charge in [-0.3, -0.25) is 0 Å². The number of rotatable bonds is 6.